The van der Waals surface area contributed by atoms with Crippen molar-refractivity contribution in [1.29, 1.82) is 0 Å². The molecule has 5 rings (SSSR count). The summed E-state index contributed by atoms with van der Waals surface area (Å²) < 4.78 is 52.2. The number of aromatic amines is 1. The maximum Gasteiger partial charge on any atom is 0.308 e. The van der Waals surface area contributed by atoms with Crippen molar-refractivity contribution in [2.45, 2.75) is 46.3 Å². The molecular weight excluding hydrogens is 613 g/mol. The summed E-state index contributed by atoms with van der Waals surface area (Å²) in [5.74, 6) is -0.264. The molecule has 0 spiro atoms. The number of hydrogen-bond donors (Lipinski definition) is 3. The summed E-state index contributed by atoms with van der Waals surface area (Å²) in [6, 6.07) is 10.8. The number of hydrogen-bond acceptors (Lipinski definition) is 10. The van der Waals surface area contributed by atoms with Gasteiger partial charge in [0.1, 0.15) is 35.3 Å². The number of rotatable bonds is 11. The normalized spacial score (nSPS) is 13.3. The van der Waals surface area contributed by atoms with Gasteiger partial charge < -0.3 is 25.0 Å². The predicted molar refractivity (Wildman–Crippen MR) is 175 cm³/mol. The Kier molecular flexibility index (Phi) is 9.19. The van der Waals surface area contributed by atoms with Gasteiger partial charge in [-0.25, -0.2) is 17.8 Å². The fraction of sp³-hybridized carbons (Fsp3) is 0.281. The summed E-state index contributed by atoms with van der Waals surface area (Å²) in [6.45, 7) is 7.56. The van der Waals surface area contributed by atoms with Gasteiger partial charge in [0, 0.05) is 36.9 Å². The fourth-order valence-electron chi connectivity index (χ4n) is 4.63. The first-order chi connectivity index (χ1) is 21.8. The average Bonchev–Trinajstić information content (AvgIpc) is 3.46. The number of aromatic nitrogens is 3. The Bertz CT molecular complexity index is 1890. The number of nitrogens with two attached hydrogens (primary N) is 1. The zero-order valence-electron chi connectivity index (χ0n) is 26.0. The maximum absolute atomic E-state index is 13.4. The van der Waals surface area contributed by atoms with Gasteiger partial charge in [0.05, 0.1) is 40.6 Å². The number of nitrogens with zero attached hydrogens (tertiary/aromatic N) is 4. The molecule has 4 aromatic rings. The molecule has 1 aliphatic rings. The van der Waals surface area contributed by atoms with Crippen molar-refractivity contribution in [1.82, 2.24) is 20.1 Å². The number of ether oxygens (including phenoxy) is 2. The number of carbonyl (C=O) groups excluding carboxylic acids is 1. The van der Waals surface area contributed by atoms with E-state index in [4.69, 9.17) is 15.2 Å². The number of halogens is 1. The van der Waals surface area contributed by atoms with E-state index in [9.17, 15) is 17.6 Å². The Hall–Kier alpha value is -5.11. The second kappa shape index (κ2) is 13.1. The molecule has 0 bridgehead atoms. The van der Waals surface area contributed by atoms with E-state index < -0.39 is 15.6 Å². The quantitative estimate of drug-likeness (QED) is 0.178. The summed E-state index contributed by atoms with van der Waals surface area (Å²) in [4.78, 5) is 20.3. The molecule has 0 fully saturated rings. The van der Waals surface area contributed by atoms with Crippen LogP contribution in [0.3, 0.4) is 0 Å². The summed E-state index contributed by atoms with van der Waals surface area (Å²) in [6.07, 6.45) is 9.20. The summed E-state index contributed by atoms with van der Waals surface area (Å²) in [5, 5.41) is 8.18. The van der Waals surface area contributed by atoms with Gasteiger partial charge in [0.2, 0.25) is 10.0 Å². The Morgan fingerprint density at radius 1 is 1.09 bits per heavy atom. The molecule has 4 N–H and O–H groups in total. The van der Waals surface area contributed by atoms with Gasteiger partial charge in [-0.3, -0.25) is 14.6 Å². The molecule has 3 heterocycles. The third-order valence-electron chi connectivity index (χ3n) is 6.92. The molecule has 0 radical (unpaired) electrons. The van der Waals surface area contributed by atoms with E-state index in [1.165, 1.54) is 19.1 Å². The molecule has 0 aliphatic carbocycles. The largest absolute Gasteiger partial charge is 0.487 e. The van der Waals surface area contributed by atoms with Crippen molar-refractivity contribution in [3.8, 4) is 17.0 Å². The van der Waals surface area contributed by atoms with E-state index in [0.29, 0.717) is 40.0 Å². The zero-order valence-corrected chi connectivity index (χ0v) is 26.8. The van der Waals surface area contributed by atoms with Crippen molar-refractivity contribution in [2.24, 2.45) is 0 Å². The predicted octanol–water partition coefficient (Wildman–Crippen LogP) is 5.48. The van der Waals surface area contributed by atoms with Crippen LogP contribution in [0.4, 0.5) is 21.6 Å². The number of esters is 1. The SMILES string of the molecule is CCS(=O)(=O)Nc1ccc(-c2n[nH]c3c(N4C=CN(CCC(=O)OC(C)(C)C)C=C4)cnc(N)c23)cc1OCc1ccc(F)cc1. The van der Waals surface area contributed by atoms with Gasteiger partial charge in [-0.2, -0.15) is 5.10 Å². The van der Waals surface area contributed by atoms with Crippen LogP contribution in [-0.4, -0.2) is 52.4 Å². The van der Waals surface area contributed by atoms with Crippen LogP contribution in [0.2, 0.25) is 0 Å². The van der Waals surface area contributed by atoms with Gasteiger partial charge in [-0.05, 0) is 57.5 Å². The molecular formula is C32H36FN7O5S. The number of carbonyl (C=O) groups is 1. The number of H-pyrrole nitrogens is 1. The van der Waals surface area contributed by atoms with Crippen molar-refractivity contribution < 1.29 is 27.1 Å². The standard InChI is InChI=1S/C32H36FN7O5S/c1-5-46(42,43)38-24-11-8-22(18-26(24)44-20-21-6-9-23(33)10-7-21)29-28-30(37-36-29)25(19-35-31(28)34)40-16-14-39(15-17-40)13-12-27(41)45-32(2,3)4/h6-11,14-19,38H,5,12-13,20H2,1-4H3,(H2,34,35)(H,36,37). The number of anilines is 3. The lowest BCUT2D eigenvalue weighted by molar-refractivity contribution is -0.154. The van der Waals surface area contributed by atoms with E-state index in [-0.39, 0.29) is 47.8 Å². The van der Waals surface area contributed by atoms with Crippen LogP contribution in [-0.2, 0) is 26.2 Å². The molecule has 1 aliphatic heterocycles. The minimum Gasteiger partial charge on any atom is -0.487 e. The summed E-state index contributed by atoms with van der Waals surface area (Å²) in [7, 11) is -3.61. The van der Waals surface area contributed by atoms with E-state index in [1.54, 1.807) is 36.5 Å². The average molecular weight is 650 g/mol. The third-order valence-corrected chi connectivity index (χ3v) is 8.21. The summed E-state index contributed by atoms with van der Waals surface area (Å²) in [5.41, 5.74) is 9.17. The molecule has 0 saturated heterocycles. The molecule has 0 atom stereocenters. The summed E-state index contributed by atoms with van der Waals surface area (Å²) >= 11 is 0. The minimum absolute atomic E-state index is 0.0716. The molecule has 0 unspecified atom stereocenters. The van der Waals surface area contributed by atoms with Gasteiger partial charge >= 0.3 is 5.97 Å². The lowest BCUT2D eigenvalue weighted by Crippen LogP contribution is -2.27. The first kappa shape index (κ1) is 32.3. The highest BCUT2D eigenvalue weighted by Gasteiger charge is 2.21. The number of pyridine rings is 1. The van der Waals surface area contributed by atoms with Crippen LogP contribution in [0, 0.1) is 5.82 Å². The highest BCUT2D eigenvalue weighted by Crippen LogP contribution is 2.38. The van der Waals surface area contributed by atoms with Crippen LogP contribution in [0.15, 0.2) is 73.5 Å². The molecule has 0 amide bonds. The smallest absolute Gasteiger partial charge is 0.308 e. The van der Waals surface area contributed by atoms with Gasteiger partial charge in [0.15, 0.2) is 0 Å². The number of nitrogen functional groups attached to an aromatic ring is 1. The first-order valence-corrected chi connectivity index (χ1v) is 16.2. The number of sulfonamides is 1. The molecule has 0 saturated carbocycles. The van der Waals surface area contributed by atoms with E-state index >= 15 is 0 Å². The van der Waals surface area contributed by atoms with E-state index in [2.05, 4.69) is 19.9 Å². The molecule has 2 aromatic carbocycles. The van der Waals surface area contributed by atoms with Gasteiger partial charge in [-0.1, -0.05) is 18.2 Å². The number of fused-ring (bicyclic) bond motifs is 1. The van der Waals surface area contributed by atoms with E-state index in [0.717, 1.165) is 0 Å². The van der Waals surface area contributed by atoms with Crippen LogP contribution >= 0.6 is 0 Å². The Balaban J connectivity index is 1.41. The van der Waals surface area contributed by atoms with Crippen molar-refractivity contribution in [2.75, 3.05) is 27.7 Å². The van der Waals surface area contributed by atoms with Gasteiger partial charge in [-0.15, -0.1) is 0 Å². The lowest BCUT2D eigenvalue weighted by atomic mass is 10.1. The molecule has 14 heteroatoms. The van der Waals surface area contributed by atoms with Crippen molar-refractivity contribution in [3.63, 3.8) is 0 Å². The molecule has 46 heavy (non-hydrogen) atoms. The van der Waals surface area contributed by atoms with Crippen molar-refractivity contribution >= 4 is 44.1 Å². The van der Waals surface area contributed by atoms with Gasteiger partial charge in [0.25, 0.3) is 0 Å². The highest BCUT2D eigenvalue weighted by atomic mass is 32.2. The van der Waals surface area contributed by atoms with Crippen LogP contribution < -0.4 is 20.1 Å². The Labute approximate surface area is 266 Å². The van der Waals surface area contributed by atoms with Crippen LogP contribution in [0.5, 0.6) is 5.75 Å². The second-order valence-corrected chi connectivity index (χ2v) is 13.6. The lowest BCUT2D eigenvalue weighted by Gasteiger charge is -2.25. The zero-order chi connectivity index (χ0) is 33.1. The van der Waals surface area contributed by atoms with E-state index in [1.807, 2.05) is 55.4 Å². The monoisotopic (exact) mass is 649 g/mol. The van der Waals surface area contributed by atoms with Crippen molar-refractivity contribution in [3.05, 3.63) is 84.8 Å². The topological polar surface area (TPSA) is 156 Å². The minimum atomic E-state index is -3.61. The second-order valence-electron chi connectivity index (χ2n) is 11.6. The molecule has 2 aromatic heterocycles. The first-order valence-electron chi connectivity index (χ1n) is 14.6. The maximum atomic E-state index is 13.4. The number of nitrogens with one attached hydrogen (secondary N) is 2. The highest BCUT2D eigenvalue weighted by molar-refractivity contribution is 7.92. The van der Waals surface area contributed by atoms with Crippen LogP contribution in [0.1, 0.15) is 39.7 Å². The Morgan fingerprint density at radius 2 is 1.80 bits per heavy atom. The fourth-order valence-corrected chi connectivity index (χ4v) is 5.28. The van der Waals surface area contributed by atoms with Crippen LogP contribution in [0.25, 0.3) is 22.2 Å². The molecule has 12 nitrogen and oxygen atoms in total. The Morgan fingerprint density at radius 3 is 2.48 bits per heavy atom. The molecule has 242 valence electrons. The number of benzene rings is 2. The third kappa shape index (κ3) is 7.75.